The molecule has 1 saturated heterocycles. The topological polar surface area (TPSA) is 21.3 Å². The van der Waals surface area contributed by atoms with Gasteiger partial charge < -0.3 is 4.84 Å². The van der Waals surface area contributed by atoms with Gasteiger partial charge in [0.05, 0.1) is 12.6 Å². The molecular formula is C15H14FNO. The average molecular weight is 243 g/mol. The second kappa shape index (κ2) is 4.88. The summed E-state index contributed by atoms with van der Waals surface area (Å²) >= 11 is 0. The van der Waals surface area contributed by atoms with E-state index < -0.39 is 0 Å². The lowest BCUT2D eigenvalue weighted by atomic mass is 9.99. The molecule has 3 heteroatoms. The highest BCUT2D eigenvalue weighted by Gasteiger charge is 2.17. The van der Waals surface area contributed by atoms with Gasteiger partial charge in [-0.05, 0) is 41.3 Å². The third kappa shape index (κ3) is 2.28. The van der Waals surface area contributed by atoms with Crippen LogP contribution in [0.1, 0.15) is 18.0 Å². The number of halogens is 1. The molecule has 0 unspecified atom stereocenters. The molecule has 1 atom stereocenters. The van der Waals surface area contributed by atoms with Crippen LogP contribution in [-0.2, 0) is 4.84 Å². The molecule has 2 aromatic carbocycles. The molecule has 1 N–H and O–H groups in total. The molecule has 0 bridgehead atoms. The lowest BCUT2D eigenvalue weighted by Gasteiger charge is -2.10. The minimum Gasteiger partial charge on any atom is -0.301 e. The SMILES string of the molecule is Fc1cccc(-c2cccc([C@H]3CCON3)c2)c1. The molecule has 1 heterocycles. The summed E-state index contributed by atoms with van der Waals surface area (Å²) < 4.78 is 13.2. The molecule has 1 aliphatic rings. The molecule has 0 radical (unpaired) electrons. The summed E-state index contributed by atoms with van der Waals surface area (Å²) in [7, 11) is 0. The third-order valence-electron chi connectivity index (χ3n) is 3.18. The van der Waals surface area contributed by atoms with E-state index >= 15 is 0 Å². The molecule has 0 aromatic heterocycles. The van der Waals surface area contributed by atoms with Crippen molar-refractivity contribution in [3.63, 3.8) is 0 Å². The zero-order valence-corrected chi connectivity index (χ0v) is 9.90. The smallest absolute Gasteiger partial charge is 0.123 e. The standard InChI is InChI=1S/C15H14FNO/c16-14-6-2-4-12(10-14)11-3-1-5-13(9-11)15-7-8-18-17-15/h1-6,9-10,15,17H,7-8H2/t15-/m1/s1. The van der Waals surface area contributed by atoms with Gasteiger partial charge in [-0.15, -0.1) is 0 Å². The van der Waals surface area contributed by atoms with Crippen LogP contribution >= 0.6 is 0 Å². The zero-order chi connectivity index (χ0) is 12.4. The van der Waals surface area contributed by atoms with Gasteiger partial charge >= 0.3 is 0 Å². The van der Waals surface area contributed by atoms with Crippen molar-refractivity contribution >= 4 is 0 Å². The predicted octanol–water partition coefficient (Wildman–Crippen LogP) is 3.46. The van der Waals surface area contributed by atoms with Crippen LogP contribution in [0.3, 0.4) is 0 Å². The van der Waals surface area contributed by atoms with Crippen molar-refractivity contribution in [3.8, 4) is 11.1 Å². The lowest BCUT2D eigenvalue weighted by Crippen LogP contribution is -2.11. The van der Waals surface area contributed by atoms with Gasteiger partial charge in [0.15, 0.2) is 0 Å². The fourth-order valence-electron chi connectivity index (χ4n) is 2.23. The van der Waals surface area contributed by atoms with Crippen molar-refractivity contribution in [1.29, 1.82) is 0 Å². The fraction of sp³-hybridized carbons (Fsp3) is 0.200. The molecule has 18 heavy (non-hydrogen) atoms. The van der Waals surface area contributed by atoms with Gasteiger partial charge in [0, 0.05) is 0 Å². The van der Waals surface area contributed by atoms with E-state index in [1.165, 1.54) is 11.6 Å². The summed E-state index contributed by atoms with van der Waals surface area (Å²) in [5, 5.41) is 0. The highest BCUT2D eigenvalue weighted by atomic mass is 19.1. The van der Waals surface area contributed by atoms with E-state index in [4.69, 9.17) is 4.84 Å². The molecule has 1 fully saturated rings. The molecule has 0 saturated carbocycles. The number of hydrogen-bond acceptors (Lipinski definition) is 2. The Bertz CT molecular complexity index is 550. The summed E-state index contributed by atoms with van der Waals surface area (Å²) in [5.41, 5.74) is 6.09. The molecule has 1 aliphatic heterocycles. The van der Waals surface area contributed by atoms with E-state index in [1.54, 1.807) is 12.1 Å². The van der Waals surface area contributed by atoms with Crippen LogP contribution in [0.5, 0.6) is 0 Å². The quantitative estimate of drug-likeness (QED) is 0.872. The first kappa shape index (κ1) is 11.4. The second-order valence-electron chi connectivity index (χ2n) is 4.44. The number of hydrogen-bond donors (Lipinski definition) is 1. The van der Waals surface area contributed by atoms with E-state index in [1.807, 2.05) is 18.2 Å². The van der Waals surface area contributed by atoms with Gasteiger partial charge in [0.2, 0.25) is 0 Å². The Balaban J connectivity index is 1.95. The fourth-order valence-corrected chi connectivity index (χ4v) is 2.23. The second-order valence-corrected chi connectivity index (χ2v) is 4.44. The number of nitrogens with one attached hydrogen (secondary N) is 1. The number of benzene rings is 2. The summed E-state index contributed by atoms with van der Waals surface area (Å²) in [6, 6.07) is 15.0. The van der Waals surface area contributed by atoms with Gasteiger partial charge in [-0.1, -0.05) is 30.3 Å². The van der Waals surface area contributed by atoms with Gasteiger partial charge in [0.1, 0.15) is 5.82 Å². The van der Waals surface area contributed by atoms with E-state index in [0.717, 1.165) is 24.2 Å². The van der Waals surface area contributed by atoms with E-state index in [2.05, 4.69) is 17.6 Å². The maximum Gasteiger partial charge on any atom is 0.123 e. The van der Waals surface area contributed by atoms with Gasteiger partial charge in [-0.2, -0.15) is 5.48 Å². The molecule has 2 aromatic rings. The van der Waals surface area contributed by atoms with Gasteiger partial charge in [-0.25, -0.2) is 4.39 Å². The first-order valence-electron chi connectivity index (χ1n) is 6.06. The molecule has 92 valence electrons. The van der Waals surface area contributed by atoms with Crippen LogP contribution in [0.2, 0.25) is 0 Å². The Morgan fingerprint density at radius 2 is 1.83 bits per heavy atom. The van der Waals surface area contributed by atoms with Crippen LogP contribution in [0.25, 0.3) is 11.1 Å². The van der Waals surface area contributed by atoms with Gasteiger partial charge in [0.25, 0.3) is 0 Å². The highest BCUT2D eigenvalue weighted by molar-refractivity contribution is 5.64. The van der Waals surface area contributed by atoms with Crippen molar-refractivity contribution in [2.45, 2.75) is 12.5 Å². The summed E-state index contributed by atoms with van der Waals surface area (Å²) in [4.78, 5) is 5.17. The summed E-state index contributed by atoms with van der Waals surface area (Å²) in [6.45, 7) is 0.731. The Labute approximate surface area is 105 Å². The van der Waals surface area contributed by atoms with Crippen LogP contribution in [-0.4, -0.2) is 6.61 Å². The van der Waals surface area contributed by atoms with E-state index in [0.29, 0.717) is 0 Å². The molecule has 3 rings (SSSR count). The summed E-state index contributed by atoms with van der Waals surface area (Å²) in [5.74, 6) is -0.208. The zero-order valence-electron chi connectivity index (χ0n) is 9.90. The average Bonchev–Trinajstić information content (AvgIpc) is 2.93. The minimum atomic E-state index is -0.208. The van der Waals surface area contributed by atoms with Crippen LogP contribution in [0.4, 0.5) is 4.39 Å². The molecule has 0 spiro atoms. The lowest BCUT2D eigenvalue weighted by molar-refractivity contribution is 0.0883. The molecule has 0 aliphatic carbocycles. The monoisotopic (exact) mass is 243 g/mol. The van der Waals surface area contributed by atoms with E-state index in [9.17, 15) is 4.39 Å². The molecule has 2 nitrogen and oxygen atoms in total. The largest absolute Gasteiger partial charge is 0.301 e. The molecule has 0 amide bonds. The maximum absolute atomic E-state index is 13.2. The third-order valence-corrected chi connectivity index (χ3v) is 3.18. The maximum atomic E-state index is 13.2. The molecular weight excluding hydrogens is 229 g/mol. The normalized spacial score (nSPS) is 19.1. The predicted molar refractivity (Wildman–Crippen MR) is 68.3 cm³/mol. The first-order chi connectivity index (χ1) is 8.83. The van der Waals surface area contributed by atoms with Crippen molar-refractivity contribution in [1.82, 2.24) is 5.48 Å². The number of hydroxylamine groups is 1. The van der Waals surface area contributed by atoms with Crippen molar-refractivity contribution in [3.05, 3.63) is 59.9 Å². The minimum absolute atomic E-state index is 0.208. The van der Waals surface area contributed by atoms with Crippen LogP contribution in [0.15, 0.2) is 48.5 Å². The number of rotatable bonds is 2. The van der Waals surface area contributed by atoms with Crippen molar-refractivity contribution < 1.29 is 9.23 Å². The first-order valence-corrected chi connectivity index (χ1v) is 6.06. The van der Waals surface area contributed by atoms with Gasteiger partial charge in [-0.3, -0.25) is 0 Å². The summed E-state index contributed by atoms with van der Waals surface area (Å²) in [6.07, 6.45) is 0.965. The highest BCUT2D eigenvalue weighted by Crippen LogP contribution is 2.26. The van der Waals surface area contributed by atoms with Crippen molar-refractivity contribution in [2.75, 3.05) is 6.61 Å². The van der Waals surface area contributed by atoms with Crippen molar-refractivity contribution in [2.24, 2.45) is 0 Å². The van der Waals surface area contributed by atoms with E-state index in [-0.39, 0.29) is 11.9 Å². The Morgan fingerprint density at radius 1 is 1.06 bits per heavy atom. The van der Waals surface area contributed by atoms with Crippen LogP contribution in [0, 0.1) is 5.82 Å². The Kier molecular flexibility index (Phi) is 3.09. The van der Waals surface area contributed by atoms with Crippen LogP contribution < -0.4 is 5.48 Å². The Morgan fingerprint density at radius 3 is 2.56 bits per heavy atom. The Hall–Kier alpha value is -1.71.